The van der Waals surface area contributed by atoms with Crippen molar-refractivity contribution >= 4 is 22.7 Å². The first-order chi connectivity index (χ1) is 12.4. The lowest BCUT2D eigenvalue weighted by atomic mass is 9.94. The number of carbonyl (C=O) groups excluding carboxylic acids is 2. The van der Waals surface area contributed by atoms with E-state index in [2.05, 4.69) is 19.2 Å². The van der Waals surface area contributed by atoms with Crippen LogP contribution < -0.4 is 5.32 Å². The SMILES string of the molecule is CCCN1C(=O)c2cc3ccccc3n2CC1(C)C(=O)NCCC(C)C. The molecule has 0 saturated heterocycles. The van der Waals surface area contributed by atoms with Crippen LogP contribution in [0.25, 0.3) is 10.9 Å². The van der Waals surface area contributed by atoms with Crippen molar-refractivity contribution in [3.8, 4) is 0 Å². The van der Waals surface area contributed by atoms with Crippen molar-refractivity contribution < 1.29 is 9.59 Å². The second kappa shape index (κ2) is 7.14. The Bertz CT molecular complexity index is 824. The Morgan fingerprint density at radius 3 is 2.73 bits per heavy atom. The highest BCUT2D eigenvalue weighted by Crippen LogP contribution is 2.32. The summed E-state index contributed by atoms with van der Waals surface area (Å²) in [5.74, 6) is 0.405. The van der Waals surface area contributed by atoms with Gasteiger partial charge in [-0.3, -0.25) is 9.59 Å². The van der Waals surface area contributed by atoms with Crippen molar-refractivity contribution in [2.45, 2.75) is 52.6 Å². The Labute approximate surface area is 155 Å². The number of benzene rings is 1. The third-order valence-electron chi connectivity index (χ3n) is 5.28. The van der Waals surface area contributed by atoms with E-state index in [4.69, 9.17) is 0 Å². The molecule has 0 fully saturated rings. The van der Waals surface area contributed by atoms with Crippen LogP contribution in [0.2, 0.25) is 0 Å². The van der Waals surface area contributed by atoms with Gasteiger partial charge in [0.05, 0.1) is 6.54 Å². The van der Waals surface area contributed by atoms with Crippen molar-refractivity contribution in [2.75, 3.05) is 13.1 Å². The van der Waals surface area contributed by atoms with E-state index in [9.17, 15) is 9.59 Å². The van der Waals surface area contributed by atoms with Gasteiger partial charge in [0.2, 0.25) is 5.91 Å². The summed E-state index contributed by atoms with van der Waals surface area (Å²) in [6.45, 7) is 9.90. The summed E-state index contributed by atoms with van der Waals surface area (Å²) < 4.78 is 2.01. The number of nitrogens with zero attached hydrogens (tertiary/aromatic N) is 2. The zero-order valence-corrected chi connectivity index (χ0v) is 16.2. The number of aromatic nitrogens is 1. The average Bonchev–Trinajstić information content (AvgIpc) is 2.97. The van der Waals surface area contributed by atoms with Gasteiger partial charge in [-0.1, -0.05) is 39.0 Å². The lowest BCUT2D eigenvalue weighted by Gasteiger charge is -2.44. The second-order valence-electron chi connectivity index (χ2n) is 7.84. The highest BCUT2D eigenvalue weighted by atomic mass is 16.2. The molecule has 5 heteroatoms. The second-order valence-corrected chi connectivity index (χ2v) is 7.84. The van der Waals surface area contributed by atoms with Crippen LogP contribution in [0.1, 0.15) is 51.0 Å². The van der Waals surface area contributed by atoms with Crippen LogP contribution in [0, 0.1) is 5.92 Å². The van der Waals surface area contributed by atoms with Gasteiger partial charge in [-0.15, -0.1) is 0 Å². The monoisotopic (exact) mass is 355 g/mol. The number of fused-ring (bicyclic) bond motifs is 3. The Balaban J connectivity index is 1.98. The fraction of sp³-hybridized carbons (Fsp3) is 0.524. The molecule has 0 saturated carbocycles. The lowest BCUT2D eigenvalue weighted by molar-refractivity contribution is -0.132. The van der Waals surface area contributed by atoms with Crippen LogP contribution in [-0.2, 0) is 11.3 Å². The van der Waals surface area contributed by atoms with E-state index in [0.29, 0.717) is 31.2 Å². The third-order valence-corrected chi connectivity index (χ3v) is 5.28. The third kappa shape index (κ3) is 3.11. The zero-order chi connectivity index (χ0) is 18.9. The fourth-order valence-corrected chi connectivity index (χ4v) is 3.74. The molecular formula is C21H29N3O2. The van der Waals surface area contributed by atoms with Gasteiger partial charge in [0.15, 0.2) is 0 Å². The normalized spacial score (nSPS) is 19.9. The van der Waals surface area contributed by atoms with Crippen LogP contribution in [0.4, 0.5) is 0 Å². The molecular weight excluding hydrogens is 326 g/mol. The van der Waals surface area contributed by atoms with Crippen LogP contribution >= 0.6 is 0 Å². The first-order valence-electron chi connectivity index (χ1n) is 9.57. The number of para-hydroxylation sites is 1. The molecule has 1 aliphatic rings. The van der Waals surface area contributed by atoms with Gasteiger partial charge in [-0.05, 0) is 37.8 Å². The Hall–Kier alpha value is -2.30. The molecule has 1 aromatic heterocycles. The number of hydrogen-bond donors (Lipinski definition) is 1. The molecule has 140 valence electrons. The predicted molar refractivity (Wildman–Crippen MR) is 104 cm³/mol. The summed E-state index contributed by atoms with van der Waals surface area (Å²) in [6.07, 6.45) is 1.75. The molecule has 0 aliphatic carbocycles. The minimum Gasteiger partial charge on any atom is -0.354 e. The molecule has 2 amide bonds. The summed E-state index contributed by atoms with van der Waals surface area (Å²) in [5, 5.41) is 4.10. The van der Waals surface area contributed by atoms with Crippen molar-refractivity contribution in [3.05, 3.63) is 36.0 Å². The van der Waals surface area contributed by atoms with Crippen LogP contribution in [0.5, 0.6) is 0 Å². The molecule has 3 rings (SSSR count). The number of nitrogens with one attached hydrogen (secondary N) is 1. The maximum atomic E-state index is 13.2. The molecule has 0 bridgehead atoms. The Kier molecular flexibility index (Phi) is 5.08. The molecule has 1 aliphatic heterocycles. The van der Waals surface area contributed by atoms with Crippen LogP contribution in [0.15, 0.2) is 30.3 Å². The van der Waals surface area contributed by atoms with E-state index in [1.165, 1.54) is 0 Å². The number of carbonyl (C=O) groups is 2. The quantitative estimate of drug-likeness (QED) is 0.863. The summed E-state index contributed by atoms with van der Waals surface area (Å²) in [6, 6.07) is 9.91. The molecule has 0 radical (unpaired) electrons. The summed E-state index contributed by atoms with van der Waals surface area (Å²) >= 11 is 0. The van der Waals surface area contributed by atoms with Crippen LogP contribution in [0.3, 0.4) is 0 Å². The van der Waals surface area contributed by atoms with Gasteiger partial charge in [-0.25, -0.2) is 0 Å². The van der Waals surface area contributed by atoms with Crippen molar-refractivity contribution in [3.63, 3.8) is 0 Å². The Morgan fingerprint density at radius 2 is 2.04 bits per heavy atom. The van der Waals surface area contributed by atoms with E-state index >= 15 is 0 Å². The van der Waals surface area contributed by atoms with Gasteiger partial charge >= 0.3 is 0 Å². The van der Waals surface area contributed by atoms with Gasteiger partial charge in [0, 0.05) is 24.0 Å². The van der Waals surface area contributed by atoms with Gasteiger partial charge in [0.1, 0.15) is 11.2 Å². The number of rotatable bonds is 6. The van der Waals surface area contributed by atoms with Gasteiger partial charge < -0.3 is 14.8 Å². The molecule has 1 atom stereocenters. The Morgan fingerprint density at radius 1 is 1.31 bits per heavy atom. The van der Waals surface area contributed by atoms with E-state index in [0.717, 1.165) is 23.7 Å². The van der Waals surface area contributed by atoms with Gasteiger partial charge in [-0.2, -0.15) is 0 Å². The highest BCUT2D eigenvalue weighted by Gasteiger charge is 2.47. The van der Waals surface area contributed by atoms with E-state index in [1.807, 2.05) is 48.7 Å². The van der Waals surface area contributed by atoms with Crippen molar-refractivity contribution in [1.82, 2.24) is 14.8 Å². The van der Waals surface area contributed by atoms with E-state index in [-0.39, 0.29) is 11.8 Å². The van der Waals surface area contributed by atoms with E-state index < -0.39 is 5.54 Å². The molecule has 1 N–H and O–H groups in total. The lowest BCUT2D eigenvalue weighted by Crippen LogP contribution is -2.64. The molecule has 5 nitrogen and oxygen atoms in total. The fourth-order valence-electron chi connectivity index (χ4n) is 3.74. The van der Waals surface area contributed by atoms with Crippen molar-refractivity contribution in [2.24, 2.45) is 5.92 Å². The van der Waals surface area contributed by atoms with Crippen LogP contribution in [-0.4, -0.2) is 39.9 Å². The smallest absolute Gasteiger partial charge is 0.271 e. The maximum absolute atomic E-state index is 13.2. The topological polar surface area (TPSA) is 54.3 Å². The summed E-state index contributed by atoms with van der Waals surface area (Å²) in [7, 11) is 0. The first-order valence-corrected chi connectivity index (χ1v) is 9.57. The maximum Gasteiger partial charge on any atom is 0.271 e. The molecule has 1 aromatic carbocycles. The van der Waals surface area contributed by atoms with E-state index in [1.54, 1.807) is 4.90 Å². The molecule has 2 aromatic rings. The largest absolute Gasteiger partial charge is 0.354 e. The molecule has 1 unspecified atom stereocenters. The first kappa shape index (κ1) is 18.5. The predicted octanol–water partition coefficient (Wildman–Crippen LogP) is 3.43. The highest BCUT2D eigenvalue weighted by molar-refractivity contribution is 6.03. The molecule has 0 spiro atoms. The number of amides is 2. The zero-order valence-electron chi connectivity index (χ0n) is 16.2. The minimum absolute atomic E-state index is 0.0594. The number of hydrogen-bond acceptors (Lipinski definition) is 2. The van der Waals surface area contributed by atoms with Gasteiger partial charge in [0.25, 0.3) is 5.91 Å². The minimum atomic E-state index is -0.876. The molecule has 26 heavy (non-hydrogen) atoms. The van der Waals surface area contributed by atoms with Crippen molar-refractivity contribution in [1.29, 1.82) is 0 Å². The molecule has 2 heterocycles. The average molecular weight is 355 g/mol. The standard InChI is InChI=1S/C21H29N3O2/c1-5-12-24-19(25)18-13-16-8-6-7-9-17(16)23(18)14-21(24,4)20(26)22-11-10-15(2)3/h6-9,13,15H,5,10-12,14H2,1-4H3,(H,22,26). The summed E-state index contributed by atoms with van der Waals surface area (Å²) in [4.78, 5) is 28.0. The summed E-state index contributed by atoms with van der Waals surface area (Å²) in [5.41, 5.74) is 0.805.